The number of hydrogen-bond acceptors (Lipinski definition) is 6. The minimum absolute atomic E-state index is 0.0423. The van der Waals surface area contributed by atoms with Crippen LogP contribution < -0.4 is 15.8 Å². The number of hydrogen-bond donors (Lipinski definition) is 2. The predicted molar refractivity (Wildman–Crippen MR) is 112 cm³/mol. The molecule has 2 aromatic heterocycles. The van der Waals surface area contributed by atoms with Crippen molar-refractivity contribution in [2.24, 2.45) is 5.73 Å². The van der Waals surface area contributed by atoms with Crippen LogP contribution in [0, 0.1) is 0 Å². The Balaban J connectivity index is 1.87. The molecule has 0 aliphatic carbocycles. The molecule has 0 saturated carbocycles. The number of alkyl halides is 2. The molecule has 2 aromatic carbocycles. The van der Waals surface area contributed by atoms with E-state index in [9.17, 15) is 13.6 Å². The van der Waals surface area contributed by atoms with Gasteiger partial charge in [0.05, 0.1) is 16.8 Å². The molecule has 3 N–H and O–H groups in total. The summed E-state index contributed by atoms with van der Waals surface area (Å²) in [5, 5.41) is 3.65. The first-order valence-electron chi connectivity index (χ1n) is 9.25. The SMILES string of the molecule is CC(F)(F)Oc1ccc2c(Nc3ccccc3C(N)=O)nc(-c3cccnc3)nc2c1. The highest BCUT2D eigenvalue weighted by Crippen LogP contribution is 2.32. The van der Waals surface area contributed by atoms with Crippen molar-refractivity contribution in [1.82, 2.24) is 15.0 Å². The maximum atomic E-state index is 13.3. The van der Waals surface area contributed by atoms with E-state index in [0.29, 0.717) is 40.7 Å². The Morgan fingerprint density at radius 3 is 2.61 bits per heavy atom. The number of benzene rings is 2. The van der Waals surface area contributed by atoms with E-state index in [2.05, 4.69) is 25.0 Å². The van der Waals surface area contributed by atoms with Crippen LogP contribution in [0.1, 0.15) is 17.3 Å². The molecule has 0 saturated heterocycles. The van der Waals surface area contributed by atoms with Crippen molar-refractivity contribution in [2.75, 3.05) is 5.32 Å². The van der Waals surface area contributed by atoms with Gasteiger partial charge in [-0.15, -0.1) is 0 Å². The van der Waals surface area contributed by atoms with E-state index >= 15 is 0 Å². The van der Waals surface area contributed by atoms with Gasteiger partial charge in [-0.3, -0.25) is 9.78 Å². The number of carbonyl (C=O) groups excluding carboxylic acids is 1. The second-order valence-corrected chi connectivity index (χ2v) is 6.76. The van der Waals surface area contributed by atoms with Gasteiger partial charge in [0, 0.05) is 36.3 Å². The van der Waals surface area contributed by atoms with E-state index in [0.717, 1.165) is 0 Å². The fraction of sp³-hybridized carbons (Fsp3) is 0.0909. The molecule has 0 atom stereocenters. The van der Waals surface area contributed by atoms with E-state index in [1.165, 1.54) is 12.1 Å². The molecule has 0 radical (unpaired) electrons. The van der Waals surface area contributed by atoms with Crippen LogP contribution in [-0.2, 0) is 0 Å². The van der Waals surface area contributed by atoms with Crippen molar-refractivity contribution in [3.05, 3.63) is 72.6 Å². The number of aromatic nitrogens is 3. The number of nitrogens with one attached hydrogen (secondary N) is 1. The zero-order valence-electron chi connectivity index (χ0n) is 16.3. The van der Waals surface area contributed by atoms with Crippen LogP contribution in [0.15, 0.2) is 67.0 Å². The lowest BCUT2D eigenvalue weighted by Gasteiger charge is -2.15. The Kier molecular flexibility index (Phi) is 5.16. The Morgan fingerprint density at radius 2 is 1.90 bits per heavy atom. The van der Waals surface area contributed by atoms with Gasteiger partial charge < -0.3 is 15.8 Å². The summed E-state index contributed by atoms with van der Waals surface area (Å²) in [4.78, 5) is 24.9. The second-order valence-electron chi connectivity index (χ2n) is 6.76. The smallest absolute Gasteiger partial charge is 0.394 e. The maximum absolute atomic E-state index is 13.3. The summed E-state index contributed by atoms with van der Waals surface area (Å²) in [6, 6.07) is 14.6. The molecule has 156 valence electrons. The zero-order valence-corrected chi connectivity index (χ0v) is 16.3. The molecule has 2 heterocycles. The number of anilines is 2. The van der Waals surface area contributed by atoms with Crippen LogP contribution >= 0.6 is 0 Å². The molecule has 4 rings (SSSR count). The van der Waals surface area contributed by atoms with Crippen molar-refractivity contribution in [1.29, 1.82) is 0 Å². The fourth-order valence-electron chi connectivity index (χ4n) is 3.03. The van der Waals surface area contributed by atoms with E-state index in [4.69, 9.17) is 5.73 Å². The molecule has 1 amide bonds. The first-order valence-corrected chi connectivity index (χ1v) is 9.25. The summed E-state index contributed by atoms with van der Waals surface area (Å²) in [7, 11) is 0. The normalized spacial score (nSPS) is 11.3. The van der Waals surface area contributed by atoms with Crippen molar-refractivity contribution in [2.45, 2.75) is 13.0 Å². The van der Waals surface area contributed by atoms with Crippen LogP contribution in [0.2, 0.25) is 0 Å². The standard InChI is InChI=1S/C22H17F2N5O2/c1-22(23,24)31-14-8-9-16-18(11-14)28-20(13-5-4-10-26-12-13)29-21(16)27-17-7-3-2-6-15(17)19(25)30/h2-12H,1H3,(H2,25,30)(H,27,28,29). The van der Waals surface area contributed by atoms with Gasteiger partial charge >= 0.3 is 6.11 Å². The van der Waals surface area contributed by atoms with Crippen LogP contribution in [-0.4, -0.2) is 27.0 Å². The van der Waals surface area contributed by atoms with E-state index in [1.807, 2.05) is 0 Å². The van der Waals surface area contributed by atoms with Gasteiger partial charge in [-0.1, -0.05) is 12.1 Å². The molecule has 7 nitrogen and oxygen atoms in total. The summed E-state index contributed by atoms with van der Waals surface area (Å²) < 4.78 is 31.3. The molecule has 0 aliphatic heterocycles. The number of rotatable bonds is 6. The van der Waals surface area contributed by atoms with Crippen LogP contribution in [0.3, 0.4) is 0 Å². The number of amides is 1. The van der Waals surface area contributed by atoms with Gasteiger partial charge in [-0.05, 0) is 36.4 Å². The molecule has 0 bridgehead atoms. The molecule has 0 fully saturated rings. The quantitative estimate of drug-likeness (QED) is 0.474. The predicted octanol–water partition coefficient (Wildman–Crippen LogP) is 4.53. The average molecular weight is 421 g/mol. The Labute approximate surface area is 175 Å². The number of ether oxygens (including phenoxy) is 1. The molecule has 9 heteroatoms. The molecular weight excluding hydrogens is 404 g/mol. The number of primary amides is 1. The van der Waals surface area contributed by atoms with Gasteiger partial charge in [0.15, 0.2) is 5.82 Å². The lowest BCUT2D eigenvalue weighted by atomic mass is 10.1. The van der Waals surface area contributed by atoms with Gasteiger partial charge in [0.1, 0.15) is 11.6 Å². The number of halogens is 2. The van der Waals surface area contributed by atoms with E-state index < -0.39 is 12.0 Å². The third-order valence-corrected chi connectivity index (χ3v) is 4.33. The molecule has 0 unspecified atom stereocenters. The number of pyridine rings is 1. The summed E-state index contributed by atoms with van der Waals surface area (Å²) >= 11 is 0. The lowest BCUT2D eigenvalue weighted by Crippen LogP contribution is -2.19. The third kappa shape index (κ3) is 4.55. The number of nitrogens with two attached hydrogens (primary N) is 1. The zero-order chi connectivity index (χ0) is 22.0. The first kappa shape index (κ1) is 20.1. The first-order chi connectivity index (χ1) is 14.8. The Morgan fingerprint density at radius 1 is 1.10 bits per heavy atom. The van der Waals surface area contributed by atoms with Gasteiger partial charge in [-0.25, -0.2) is 9.97 Å². The summed E-state index contributed by atoms with van der Waals surface area (Å²) in [5.41, 5.74) is 7.20. The van der Waals surface area contributed by atoms with E-state index in [1.54, 1.807) is 54.9 Å². The Hall–Kier alpha value is -4.14. The third-order valence-electron chi connectivity index (χ3n) is 4.33. The van der Waals surface area contributed by atoms with Crippen molar-refractivity contribution in [3.8, 4) is 17.1 Å². The second kappa shape index (κ2) is 7.94. The van der Waals surface area contributed by atoms with Crippen molar-refractivity contribution in [3.63, 3.8) is 0 Å². The highest BCUT2D eigenvalue weighted by Gasteiger charge is 2.23. The van der Waals surface area contributed by atoms with Gasteiger partial charge in [-0.2, -0.15) is 8.78 Å². The molecule has 0 aliphatic rings. The van der Waals surface area contributed by atoms with Gasteiger partial charge in [0.2, 0.25) is 0 Å². The largest absolute Gasteiger partial charge is 0.433 e. The summed E-state index contributed by atoms with van der Waals surface area (Å²) in [6.45, 7) is 0.659. The summed E-state index contributed by atoms with van der Waals surface area (Å²) in [5.74, 6) is 0.0431. The maximum Gasteiger partial charge on any atom is 0.394 e. The monoisotopic (exact) mass is 421 g/mol. The van der Waals surface area contributed by atoms with E-state index in [-0.39, 0.29) is 11.3 Å². The van der Waals surface area contributed by atoms with Crippen molar-refractivity contribution >= 4 is 28.3 Å². The fourth-order valence-corrected chi connectivity index (χ4v) is 3.03. The number of para-hydroxylation sites is 1. The average Bonchev–Trinajstić information content (AvgIpc) is 2.73. The van der Waals surface area contributed by atoms with Crippen LogP contribution in [0.4, 0.5) is 20.3 Å². The lowest BCUT2D eigenvalue weighted by molar-refractivity contribution is -0.158. The number of fused-ring (bicyclic) bond motifs is 1. The minimum Gasteiger partial charge on any atom is -0.433 e. The summed E-state index contributed by atoms with van der Waals surface area (Å²) in [6.07, 6.45) is -0.140. The van der Waals surface area contributed by atoms with Gasteiger partial charge in [0.25, 0.3) is 5.91 Å². The molecule has 31 heavy (non-hydrogen) atoms. The Bertz CT molecular complexity index is 1260. The minimum atomic E-state index is -3.34. The van der Waals surface area contributed by atoms with Crippen LogP contribution in [0.5, 0.6) is 5.75 Å². The van der Waals surface area contributed by atoms with Crippen molar-refractivity contribution < 1.29 is 18.3 Å². The molecule has 0 spiro atoms. The number of carbonyl (C=O) groups is 1. The number of nitrogens with zero attached hydrogens (tertiary/aromatic N) is 3. The molecular formula is C22H17F2N5O2. The highest BCUT2D eigenvalue weighted by atomic mass is 19.3. The molecule has 4 aromatic rings. The highest BCUT2D eigenvalue weighted by molar-refractivity contribution is 6.01. The topological polar surface area (TPSA) is 103 Å². The van der Waals surface area contributed by atoms with Crippen LogP contribution in [0.25, 0.3) is 22.3 Å².